The smallest absolute Gasteiger partial charge is 0.0415 e. The van der Waals surface area contributed by atoms with E-state index in [4.69, 9.17) is 0 Å². The summed E-state index contributed by atoms with van der Waals surface area (Å²) in [6.07, 6.45) is 11.1. The maximum atomic E-state index is 3.61. The minimum atomic E-state index is 0.348. The lowest BCUT2D eigenvalue weighted by molar-refractivity contribution is 0.472. The Labute approximate surface area is 91.6 Å². The first-order valence-electron chi connectivity index (χ1n) is 6.07. The summed E-state index contributed by atoms with van der Waals surface area (Å²) in [7, 11) is 0. The van der Waals surface area contributed by atoms with Crippen LogP contribution in [0.3, 0.4) is 0 Å². The lowest BCUT2D eigenvalue weighted by Gasteiger charge is -2.25. The minimum absolute atomic E-state index is 0.348. The van der Waals surface area contributed by atoms with Gasteiger partial charge in [0.05, 0.1) is 0 Å². The zero-order valence-electron chi connectivity index (χ0n) is 9.69. The molecule has 2 aliphatic carbocycles. The maximum absolute atomic E-state index is 3.61. The molecular formula is C14H19N. The Morgan fingerprint density at radius 1 is 1.13 bits per heavy atom. The van der Waals surface area contributed by atoms with Gasteiger partial charge in [-0.15, -0.1) is 0 Å². The van der Waals surface area contributed by atoms with Crippen molar-refractivity contribution >= 4 is 6.08 Å². The summed E-state index contributed by atoms with van der Waals surface area (Å²) < 4.78 is 0. The van der Waals surface area contributed by atoms with Crippen molar-refractivity contribution < 1.29 is 0 Å². The molecule has 1 aromatic heterocycles. The molecule has 0 radical (unpaired) electrons. The van der Waals surface area contributed by atoms with Crippen LogP contribution in [0, 0.1) is 5.41 Å². The molecule has 1 aromatic rings. The van der Waals surface area contributed by atoms with Crippen molar-refractivity contribution in [2.45, 2.75) is 46.0 Å². The predicted octanol–water partition coefficient (Wildman–Crippen LogP) is 3.49. The van der Waals surface area contributed by atoms with E-state index >= 15 is 0 Å². The first kappa shape index (κ1) is 9.26. The molecule has 1 heterocycles. The first-order chi connectivity index (χ1) is 7.16. The average molecular weight is 201 g/mol. The summed E-state index contributed by atoms with van der Waals surface area (Å²) in [5.41, 5.74) is 6.51. The molecule has 1 heteroatoms. The van der Waals surface area contributed by atoms with Crippen LogP contribution in [-0.4, -0.2) is 4.98 Å². The fraction of sp³-hybridized carbons (Fsp3) is 0.571. The highest BCUT2D eigenvalue weighted by Gasteiger charge is 2.26. The Balaban J connectivity index is 2.10. The van der Waals surface area contributed by atoms with E-state index in [0.717, 1.165) is 0 Å². The second kappa shape index (κ2) is 3.01. The molecule has 3 rings (SSSR count). The molecule has 0 saturated carbocycles. The lowest BCUT2D eigenvalue weighted by atomic mass is 9.79. The molecule has 0 spiro atoms. The number of rotatable bonds is 0. The van der Waals surface area contributed by atoms with Gasteiger partial charge in [0.2, 0.25) is 0 Å². The molecule has 0 aliphatic heterocycles. The van der Waals surface area contributed by atoms with Crippen LogP contribution in [0.5, 0.6) is 0 Å². The molecule has 0 fully saturated rings. The Morgan fingerprint density at radius 3 is 2.80 bits per heavy atom. The SMILES string of the molecule is CC1(C)C=Cc2[nH]c3c(c2C1)CCCC3. The highest BCUT2D eigenvalue weighted by atomic mass is 14.7. The van der Waals surface area contributed by atoms with Crippen molar-refractivity contribution in [1.82, 2.24) is 4.98 Å². The standard InChI is InChI=1S/C14H19N/c1-14(2)8-7-13-11(9-14)10-5-3-4-6-12(10)15-13/h7-8,15H,3-6,9H2,1-2H3. The molecule has 0 atom stereocenters. The van der Waals surface area contributed by atoms with Gasteiger partial charge in [-0.1, -0.05) is 19.9 Å². The van der Waals surface area contributed by atoms with E-state index in [-0.39, 0.29) is 0 Å². The minimum Gasteiger partial charge on any atom is -0.358 e. The van der Waals surface area contributed by atoms with Crippen LogP contribution in [-0.2, 0) is 19.3 Å². The molecule has 0 unspecified atom stereocenters. The molecule has 80 valence electrons. The highest BCUT2D eigenvalue weighted by molar-refractivity contribution is 5.59. The molecule has 0 bridgehead atoms. The second-order valence-electron chi connectivity index (χ2n) is 5.68. The summed E-state index contributed by atoms with van der Waals surface area (Å²) in [6.45, 7) is 4.66. The van der Waals surface area contributed by atoms with Gasteiger partial charge in [-0.25, -0.2) is 0 Å². The molecule has 0 saturated heterocycles. The van der Waals surface area contributed by atoms with Gasteiger partial charge in [0.1, 0.15) is 0 Å². The number of hydrogen-bond donors (Lipinski definition) is 1. The highest BCUT2D eigenvalue weighted by Crippen LogP contribution is 2.37. The van der Waals surface area contributed by atoms with Crippen molar-refractivity contribution in [1.29, 1.82) is 0 Å². The van der Waals surface area contributed by atoms with Gasteiger partial charge in [-0.3, -0.25) is 0 Å². The third-order valence-electron chi connectivity index (χ3n) is 3.78. The number of aromatic nitrogens is 1. The van der Waals surface area contributed by atoms with Gasteiger partial charge in [-0.2, -0.15) is 0 Å². The molecule has 0 aromatic carbocycles. The van der Waals surface area contributed by atoms with Crippen molar-refractivity contribution in [3.8, 4) is 0 Å². The summed E-state index contributed by atoms with van der Waals surface area (Å²) in [6, 6.07) is 0. The van der Waals surface area contributed by atoms with Crippen LogP contribution in [0.15, 0.2) is 6.08 Å². The summed E-state index contributed by atoms with van der Waals surface area (Å²) in [5, 5.41) is 0. The van der Waals surface area contributed by atoms with Gasteiger partial charge >= 0.3 is 0 Å². The van der Waals surface area contributed by atoms with Crippen molar-refractivity contribution in [3.63, 3.8) is 0 Å². The van der Waals surface area contributed by atoms with E-state index in [2.05, 4.69) is 31.0 Å². The number of fused-ring (bicyclic) bond motifs is 3. The van der Waals surface area contributed by atoms with Crippen molar-refractivity contribution in [2.75, 3.05) is 0 Å². The normalized spacial score (nSPS) is 22.3. The number of aromatic amines is 1. The van der Waals surface area contributed by atoms with Gasteiger partial charge in [-0.05, 0) is 54.7 Å². The Morgan fingerprint density at radius 2 is 1.93 bits per heavy atom. The quantitative estimate of drug-likeness (QED) is 0.661. The zero-order valence-corrected chi connectivity index (χ0v) is 9.69. The summed E-state index contributed by atoms with van der Waals surface area (Å²) in [5.74, 6) is 0. The number of allylic oxidation sites excluding steroid dienone is 1. The first-order valence-corrected chi connectivity index (χ1v) is 6.07. The fourth-order valence-corrected chi connectivity index (χ4v) is 2.94. The van der Waals surface area contributed by atoms with Crippen molar-refractivity contribution in [3.05, 3.63) is 28.6 Å². The molecule has 0 amide bonds. The van der Waals surface area contributed by atoms with Crippen LogP contribution in [0.2, 0.25) is 0 Å². The van der Waals surface area contributed by atoms with E-state index < -0.39 is 0 Å². The Hall–Kier alpha value is -0.980. The van der Waals surface area contributed by atoms with E-state index in [1.54, 1.807) is 11.1 Å². The van der Waals surface area contributed by atoms with Crippen LogP contribution in [0.25, 0.3) is 6.08 Å². The van der Waals surface area contributed by atoms with E-state index in [1.165, 1.54) is 43.5 Å². The Kier molecular flexibility index (Phi) is 1.86. The number of hydrogen-bond acceptors (Lipinski definition) is 0. The van der Waals surface area contributed by atoms with Crippen LogP contribution >= 0.6 is 0 Å². The van der Waals surface area contributed by atoms with Gasteiger partial charge < -0.3 is 4.98 Å². The molecule has 1 nitrogen and oxygen atoms in total. The number of H-pyrrole nitrogens is 1. The molecule has 1 N–H and O–H groups in total. The van der Waals surface area contributed by atoms with Gasteiger partial charge in [0, 0.05) is 11.4 Å². The Bertz CT molecular complexity index is 421. The third-order valence-corrected chi connectivity index (χ3v) is 3.78. The number of nitrogens with one attached hydrogen (secondary N) is 1. The lowest BCUT2D eigenvalue weighted by Crippen LogP contribution is -2.16. The molecule has 15 heavy (non-hydrogen) atoms. The molecular weight excluding hydrogens is 182 g/mol. The van der Waals surface area contributed by atoms with Gasteiger partial charge in [0.15, 0.2) is 0 Å². The topological polar surface area (TPSA) is 15.8 Å². The van der Waals surface area contributed by atoms with E-state index in [0.29, 0.717) is 5.41 Å². The number of aryl methyl sites for hydroxylation is 1. The fourth-order valence-electron chi connectivity index (χ4n) is 2.94. The third kappa shape index (κ3) is 1.45. The van der Waals surface area contributed by atoms with E-state index in [1.807, 2.05) is 0 Å². The van der Waals surface area contributed by atoms with Crippen molar-refractivity contribution in [2.24, 2.45) is 5.41 Å². The average Bonchev–Trinajstić information content (AvgIpc) is 2.55. The summed E-state index contributed by atoms with van der Waals surface area (Å²) >= 11 is 0. The summed E-state index contributed by atoms with van der Waals surface area (Å²) in [4.78, 5) is 3.61. The zero-order chi connectivity index (χ0) is 10.5. The van der Waals surface area contributed by atoms with E-state index in [9.17, 15) is 0 Å². The molecule has 2 aliphatic rings. The van der Waals surface area contributed by atoms with Crippen LogP contribution < -0.4 is 0 Å². The van der Waals surface area contributed by atoms with Crippen LogP contribution in [0.4, 0.5) is 0 Å². The second-order valence-corrected chi connectivity index (χ2v) is 5.68. The maximum Gasteiger partial charge on any atom is 0.0415 e. The predicted molar refractivity (Wildman–Crippen MR) is 64.0 cm³/mol. The van der Waals surface area contributed by atoms with Gasteiger partial charge in [0.25, 0.3) is 0 Å². The van der Waals surface area contributed by atoms with Crippen LogP contribution in [0.1, 0.15) is 49.2 Å². The largest absolute Gasteiger partial charge is 0.358 e. The monoisotopic (exact) mass is 201 g/mol.